The third-order valence-corrected chi connectivity index (χ3v) is 5.38. The van der Waals surface area contributed by atoms with Gasteiger partial charge in [-0.25, -0.2) is 21.9 Å². The van der Waals surface area contributed by atoms with Gasteiger partial charge in [-0.2, -0.15) is 0 Å². The van der Waals surface area contributed by atoms with Crippen LogP contribution in [0.1, 0.15) is 30.0 Å². The van der Waals surface area contributed by atoms with Crippen molar-refractivity contribution in [2.75, 3.05) is 5.73 Å². The van der Waals surface area contributed by atoms with Gasteiger partial charge in [-0.15, -0.1) is 12.4 Å². The minimum atomic E-state index is -4.02. The highest BCUT2D eigenvalue weighted by atomic mass is 35.5. The Labute approximate surface area is 145 Å². The van der Waals surface area contributed by atoms with Crippen LogP contribution in [0, 0.1) is 11.6 Å². The zero-order valence-electron chi connectivity index (χ0n) is 12.6. The molecule has 2 aromatic rings. The van der Waals surface area contributed by atoms with Crippen molar-refractivity contribution in [3.05, 3.63) is 59.2 Å². The van der Waals surface area contributed by atoms with Gasteiger partial charge in [0.2, 0.25) is 10.0 Å². The Balaban J connectivity index is 0.00000208. The maximum Gasteiger partial charge on any atom is 0.241 e. The standard InChI is InChI=1S/C16H16F2N2O2S.ClH/c17-11-7-12(18)9-14(8-11)23(21,22)20-16-3-1-2-10-6-13(19)4-5-15(10)16;/h4-9,16,20H,1-3,19H2;1H. The van der Waals surface area contributed by atoms with E-state index in [-0.39, 0.29) is 12.4 Å². The number of nitrogens with two attached hydrogens (primary N) is 1. The fourth-order valence-electron chi connectivity index (χ4n) is 2.90. The summed E-state index contributed by atoms with van der Waals surface area (Å²) in [5.41, 5.74) is 8.23. The molecule has 0 saturated heterocycles. The van der Waals surface area contributed by atoms with Gasteiger partial charge < -0.3 is 5.73 Å². The van der Waals surface area contributed by atoms with Crippen LogP contribution in [0.2, 0.25) is 0 Å². The zero-order chi connectivity index (χ0) is 16.6. The number of nitrogens with one attached hydrogen (secondary N) is 1. The number of aryl methyl sites for hydroxylation is 1. The predicted octanol–water partition coefficient (Wildman–Crippen LogP) is 3.32. The fraction of sp³-hybridized carbons (Fsp3) is 0.250. The van der Waals surface area contributed by atoms with E-state index >= 15 is 0 Å². The van der Waals surface area contributed by atoms with E-state index in [9.17, 15) is 17.2 Å². The Kier molecular flexibility index (Phi) is 5.47. The van der Waals surface area contributed by atoms with E-state index in [1.54, 1.807) is 12.1 Å². The first kappa shape index (κ1) is 18.6. The number of hydrogen-bond donors (Lipinski definition) is 2. The van der Waals surface area contributed by atoms with Crippen LogP contribution >= 0.6 is 12.4 Å². The highest BCUT2D eigenvalue weighted by Crippen LogP contribution is 2.32. The third-order valence-electron chi connectivity index (χ3n) is 3.93. The average Bonchev–Trinajstić information content (AvgIpc) is 2.45. The summed E-state index contributed by atoms with van der Waals surface area (Å²) in [4.78, 5) is -0.419. The molecule has 8 heteroatoms. The molecular weight excluding hydrogens is 358 g/mol. The van der Waals surface area contributed by atoms with Crippen molar-refractivity contribution in [2.45, 2.75) is 30.2 Å². The Bertz CT molecular complexity index is 839. The van der Waals surface area contributed by atoms with Crippen molar-refractivity contribution in [1.82, 2.24) is 4.72 Å². The van der Waals surface area contributed by atoms with Crippen LogP contribution in [-0.4, -0.2) is 8.42 Å². The molecule has 1 aliphatic carbocycles. The second-order valence-electron chi connectivity index (χ2n) is 5.63. The van der Waals surface area contributed by atoms with Crippen LogP contribution in [0.5, 0.6) is 0 Å². The van der Waals surface area contributed by atoms with Gasteiger partial charge in [0.15, 0.2) is 0 Å². The molecule has 2 aromatic carbocycles. The maximum atomic E-state index is 13.3. The first-order valence-electron chi connectivity index (χ1n) is 7.22. The molecule has 24 heavy (non-hydrogen) atoms. The predicted molar refractivity (Wildman–Crippen MR) is 90.5 cm³/mol. The van der Waals surface area contributed by atoms with Gasteiger partial charge in [-0.05, 0) is 54.7 Å². The first-order valence-corrected chi connectivity index (χ1v) is 8.70. The molecule has 130 valence electrons. The second kappa shape index (κ2) is 7.04. The lowest BCUT2D eigenvalue weighted by atomic mass is 9.88. The lowest BCUT2D eigenvalue weighted by Crippen LogP contribution is -2.31. The molecule has 0 heterocycles. The molecule has 0 amide bonds. The fourth-order valence-corrected chi connectivity index (χ4v) is 4.19. The summed E-state index contributed by atoms with van der Waals surface area (Å²) in [6.07, 6.45) is 2.25. The van der Waals surface area contributed by atoms with Gasteiger partial charge >= 0.3 is 0 Å². The molecule has 0 saturated carbocycles. The quantitative estimate of drug-likeness (QED) is 0.809. The largest absolute Gasteiger partial charge is 0.399 e. The summed E-state index contributed by atoms with van der Waals surface area (Å²) in [5, 5.41) is 0. The van der Waals surface area contributed by atoms with Gasteiger partial charge in [-0.3, -0.25) is 0 Å². The van der Waals surface area contributed by atoms with Crippen LogP contribution < -0.4 is 10.5 Å². The summed E-state index contributed by atoms with van der Waals surface area (Å²) >= 11 is 0. The molecule has 0 aliphatic heterocycles. The summed E-state index contributed by atoms with van der Waals surface area (Å²) in [5.74, 6) is -1.86. The highest BCUT2D eigenvalue weighted by Gasteiger charge is 2.26. The van der Waals surface area contributed by atoms with E-state index in [1.807, 2.05) is 6.07 Å². The highest BCUT2D eigenvalue weighted by molar-refractivity contribution is 7.89. The number of fused-ring (bicyclic) bond motifs is 1. The molecular formula is C16H17ClF2N2O2S. The molecule has 1 unspecified atom stereocenters. The van der Waals surface area contributed by atoms with E-state index in [2.05, 4.69) is 4.72 Å². The van der Waals surface area contributed by atoms with E-state index in [0.29, 0.717) is 18.2 Å². The van der Waals surface area contributed by atoms with Gasteiger partial charge in [0.25, 0.3) is 0 Å². The number of anilines is 1. The summed E-state index contributed by atoms with van der Waals surface area (Å²) < 4.78 is 53.9. The SMILES string of the molecule is Cl.Nc1ccc2c(c1)CCCC2NS(=O)(=O)c1cc(F)cc(F)c1. The van der Waals surface area contributed by atoms with Crippen LogP contribution in [-0.2, 0) is 16.4 Å². The van der Waals surface area contributed by atoms with Crippen molar-refractivity contribution in [3.8, 4) is 0 Å². The average molecular weight is 375 g/mol. The van der Waals surface area contributed by atoms with E-state index < -0.39 is 32.6 Å². The van der Waals surface area contributed by atoms with E-state index in [1.165, 1.54) is 0 Å². The Morgan fingerprint density at radius 3 is 2.42 bits per heavy atom. The maximum absolute atomic E-state index is 13.3. The number of halogens is 3. The third kappa shape index (κ3) is 3.85. The molecule has 1 aliphatic rings. The van der Waals surface area contributed by atoms with Crippen LogP contribution in [0.15, 0.2) is 41.3 Å². The Morgan fingerprint density at radius 1 is 1.08 bits per heavy atom. The van der Waals surface area contributed by atoms with E-state index in [4.69, 9.17) is 5.73 Å². The number of rotatable bonds is 3. The van der Waals surface area contributed by atoms with Crippen LogP contribution in [0.4, 0.5) is 14.5 Å². The van der Waals surface area contributed by atoms with Crippen molar-refractivity contribution < 1.29 is 17.2 Å². The molecule has 0 bridgehead atoms. The summed E-state index contributed by atoms with van der Waals surface area (Å²) in [6, 6.07) is 7.15. The monoisotopic (exact) mass is 374 g/mol. The van der Waals surface area contributed by atoms with Gasteiger partial charge in [-0.1, -0.05) is 6.07 Å². The number of benzene rings is 2. The summed E-state index contributed by atoms with van der Waals surface area (Å²) in [6.45, 7) is 0. The molecule has 1 atom stereocenters. The first-order chi connectivity index (χ1) is 10.8. The van der Waals surface area contributed by atoms with Crippen molar-refractivity contribution in [2.24, 2.45) is 0 Å². The Hall–Kier alpha value is -1.70. The molecule has 3 N–H and O–H groups in total. The molecule has 3 rings (SSSR count). The van der Waals surface area contributed by atoms with Crippen LogP contribution in [0.3, 0.4) is 0 Å². The smallest absolute Gasteiger partial charge is 0.241 e. The Morgan fingerprint density at radius 2 is 1.75 bits per heavy atom. The number of hydrogen-bond acceptors (Lipinski definition) is 3. The van der Waals surface area contributed by atoms with Crippen molar-refractivity contribution in [1.29, 1.82) is 0 Å². The van der Waals surface area contributed by atoms with Gasteiger partial charge in [0.1, 0.15) is 11.6 Å². The molecule has 0 radical (unpaired) electrons. The lowest BCUT2D eigenvalue weighted by molar-refractivity contribution is 0.505. The molecule has 0 spiro atoms. The van der Waals surface area contributed by atoms with Crippen molar-refractivity contribution >= 4 is 28.1 Å². The van der Waals surface area contributed by atoms with Crippen LogP contribution in [0.25, 0.3) is 0 Å². The minimum absolute atomic E-state index is 0. The normalized spacial score (nSPS) is 17.0. The summed E-state index contributed by atoms with van der Waals surface area (Å²) in [7, 11) is -4.02. The minimum Gasteiger partial charge on any atom is -0.399 e. The van der Waals surface area contributed by atoms with Gasteiger partial charge in [0.05, 0.1) is 4.90 Å². The molecule has 0 fully saturated rings. The number of sulfonamides is 1. The van der Waals surface area contributed by atoms with Gasteiger partial charge in [0, 0.05) is 17.8 Å². The van der Waals surface area contributed by atoms with Crippen molar-refractivity contribution in [3.63, 3.8) is 0 Å². The number of nitrogen functional groups attached to an aromatic ring is 1. The molecule has 4 nitrogen and oxygen atoms in total. The topological polar surface area (TPSA) is 72.2 Å². The zero-order valence-corrected chi connectivity index (χ0v) is 14.3. The second-order valence-corrected chi connectivity index (χ2v) is 7.34. The lowest BCUT2D eigenvalue weighted by Gasteiger charge is -2.26. The molecule has 0 aromatic heterocycles. The van der Waals surface area contributed by atoms with E-state index in [0.717, 1.165) is 36.1 Å².